The standard InChI is InChI=1S/C20H29N3O2/c1-22(2)20(25)16-9-11-17(12-10-16)21-19(24)14-23-13-5-7-15-6-3-4-8-18(15)23/h9-12,15,18H,3-8,13-14H2,1-2H3,(H,21,24)/p+1/t15-,18+/m1/s1. The molecule has 3 rings (SSSR count). The number of rotatable bonds is 4. The largest absolute Gasteiger partial charge is 0.345 e. The van der Waals surface area contributed by atoms with E-state index in [9.17, 15) is 9.59 Å². The van der Waals surface area contributed by atoms with Gasteiger partial charge in [0, 0.05) is 31.3 Å². The second-order valence-electron chi connectivity index (χ2n) is 7.70. The van der Waals surface area contributed by atoms with Crippen molar-refractivity contribution >= 4 is 17.5 Å². The zero-order valence-electron chi connectivity index (χ0n) is 15.4. The molecule has 1 aliphatic heterocycles. The summed E-state index contributed by atoms with van der Waals surface area (Å²) in [7, 11) is 3.47. The smallest absolute Gasteiger partial charge is 0.279 e. The van der Waals surface area contributed by atoms with Crippen LogP contribution in [0.3, 0.4) is 0 Å². The molecule has 1 aromatic carbocycles. The Balaban J connectivity index is 1.56. The van der Waals surface area contributed by atoms with Gasteiger partial charge >= 0.3 is 0 Å². The molecule has 2 amide bonds. The lowest BCUT2D eigenvalue weighted by Gasteiger charge is -2.40. The van der Waals surface area contributed by atoms with Gasteiger partial charge in [0.05, 0.1) is 12.6 Å². The van der Waals surface area contributed by atoms with Gasteiger partial charge in [0.1, 0.15) is 0 Å². The number of likely N-dealkylation sites (tertiary alicyclic amines) is 1. The van der Waals surface area contributed by atoms with Gasteiger partial charge in [0.2, 0.25) is 0 Å². The second kappa shape index (κ2) is 8.00. The fourth-order valence-corrected chi connectivity index (χ4v) is 4.45. The first-order valence-corrected chi connectivity index (χ1v) is 9.51. The number of amides is 2. The molecule has 0 spiro atoms. The third kappa shape index (κ3) is 4.40. The SMILES string of the molecule is CN(C)C(=O)c1ccc(NC(=O)C[NH+]2CCC[C@H]3CCCC[C@@H]32)cc1. The van der Waals surface area contributed by atoms with E-state index in [1.54, 1.807) is 31.1 Å². The molecule has 0 aromatic heterocycles. The maximum atomic E-state index is 12.5. The monoisotopic (exact) mass is 344 g/mol. The topological polar surface area (TPSA) is 53.9 Å². The summed E-state index contributed by atoms with van der Waals surface area (Å²) >= 11 is 0. The molecule has 25 heavy (non-hydrogen) atoms. The lowest BCUT2D eigenvalue weighted by atomic mass is 9.78. The lowest BCUT2D eigenvalue weighted by molar-refractivity contribution is -0.928. The minimum Gasteiger partial charge on any atom is -0.345 e. The number of benzene rings is 1. The Morgan fingerprint density at radius 2 is 1.76 bits per heavy atom. The van der Waals surface area contributed by atoms with Gasteiger partial charge in [-0.2, -0.15) is 0 Å². The number of nitrogens with one attached hydrogen (secondary N) is 2. The Morgan fingerprint density at radius 3 is 2.48 bits per heavy atom. The molecule has 3 atom stereocenters. The zero-order chi connectivity index (χ0) is 17.8. The van der Waals surface area contributed by atoms with Gasteiger partial charge in [-0.25, -0.2) is 0 Å². The van der Waals surface area contributed by atoms with Crippen molar-refractivity contribution < 1.29 is 14.5 Å². The Bertz CT molecular complexity index is 610. The Morgan fingerprint density at radius 1 is 1.08 bits per heavy atom. The van der Waals surface area contributed by atoms with Crippen LogP contribution >= 0.6 is 0 Å². The predicted octanol–water partition coefficient (Wildman–Crippen LogP) is 1.56. The molecule has 0 radical (unpaired) electrons. The highest BCUT2D eigenvalue weighted by atomic mass is 16.2. The average Bonchev–Trinajstić information content (AvgIpc) is 2.62. The van der Waals surface area contributed by atoms with Crippen molar-refractivity contribution in [1.82, 2.24) is 4.90 Å². The fraction of sp³-hybridized carbons (Fsp3) is 0.600. The van der Waals surface area contributed by atoms with Crippen LogP contribution in [-0.4, -0.2) is 49.9 Å². The molecule has 1 heterocycles. The van der Waals surface area contributed by atoms with E-state index in [1.165, 1.54) is 43.4 Å². The molecule has 1 aliphatic carbocycles. The maximum absolute atomic E-state index is 12.5. The average molecular weight is 344 g/mol. The van der Waals surface area contributed by atoms with Crippen LogP contribution in [0, 0.1) is 5.92 Å². The summed E-state index contributed by atoms with van der Waals surface area (Å²) in [5, 5.41) is 3.00. The van der Waals surface area contributed by atoms with Crippen molar-refractivity contribution in [1.29, 1.82) is 0 Å². The summed E-state index contributed by atoms with van der Waals surface area (Å²) in [5.74, 6) is 0.869. The van der Waals surface area contributed by atoms with Gasteiger partial charge in [-0.15, -0.1) is 0 Å². The molecule has 2 aliphatic rings. The molecule has 1 unspecified atom stereocenters. The normalized spacial score (nSPS) is 25.8. The van der Waals surface area contributed by atoms with Gasteiger partial charge < -0.3 is 15.1 Å². The first-order chi connectivity index (χ1) is 12.0. The number of nitrogens with zero attached hydrogens (tertiary/aromatic N) is 1. The van der Waals surface area contributed by atoms with E-state index in [0.717, 1.165) is 18.2 Å². The van der Waals surface area contributed by atoms with E-state index in [1.807, 2.05) is 12.1 Å². The Labute approximate surface area is 150 Å². The highest BCUT2D eigenvalue weighted by molar-refractivity contribution is 5.95. The number of anilines is 1. The minimum atomic E-state index is -0.0287. The highest BCUT2D eigenvalue weighted by Crippen LogP contribution is 2.28. The van der Waals surface area contributed by atoms with Gasteiger partial charge in [-0.1, -0.05) is 6.42 Å². The van der Waals surface area contributed by atoms with Crippen molar-refractivity contribution in [2.45, 2.75) is 44.6 Å². The van der Waals surface area contributed by atoms with Crippen LogP contribution in [0.4, 0.5) is 5.69 Å². The van der Waals surface area contributed by atoms with Crippen molar-refractivity contribution in [3.05, 3.63) is 29.8 Å². The predicted molar refractivity (Wildman–Crippen MR) is 98.8 cm³/mol. The Hall–Kier alpha value is -1.88. The molecule has 0 bridgehead atoms. The van der Waals surface area contributed by atoms with Crippen LogP contribution in [0.2, 0.25) is 0 Å². The number of quaternary nitrogens is 1. The number of hydrogen-bond acceptors (Lipinski definition) is 2. The van der Waals surface area contributed by atoms with Crippen LogP contribution in [-0.2, 0) is 4.79 Å². The number of carbonyl (C=O) groups is 2. The first-order valence-electron chi connectivity index (χ1n) is 9.51. The van der Waals surface area contributed by atoms with Crippen LogP contribution in [0.15, 0.2) is 24.3 Å². The van der Waals surface area contributed by atoms with Gasteiger partial charge in [0.25, 0.3) is 11.8 Å². The molecule has 1 saturated carbocycles. The van der Waals surface area contributed by atoms with Crippen molar-refractivity contribution in [2.24, 2.45) is 5.92 Å². The molecular weight excluding hydrogens is 314 g/mol. The molecule has 2 N–H and O–H groups in total. The summed E-state index contributed by atoms with van der Waals surface area (Å²) in [4.78, 5) is 27.4. The number of carbonyl (C=O) groups excluding carboxylic acids is 2. The van der Waals surface area contributed by atoms with Crippen molar-refractivity contribution in [2.75, 3.05) is 32.5 Å². The number of hydrogen-bond donors (Lipinski definition) is 2. The van der Waals surface area contributed by atoms with Gasteiger partial charge in [0.15, 0.2) is 6.54 Å². The van der Waals surface area contributed by atoms with E-state index in [0.29, 0.717) is 18.2 Å². The molecule has 5 nitrogen and oxygen atoms in total. The van der Waals surface area contributed by atoms with Gasteiger partial charge in [-0.3, -0.25) is 9.59 Å². The lowest BCUT2D eigenvalue weighted by Crippen LogP contribution is -3.18. The van der Waals surface area contributed by atoms with E-state index in [-0.39, 0.29) is 11.8 Å². The maximum Gasteiger partial charge on any atom is 0.279 e. The van der Waals surface area contributed by atoms with Crippen LogP contribution in [0.5, 0.6) is 0 Å². The summed E-state index contributed by atoms with van der Waals surface area (Å²) in [6.07, 6.45) is 7.88. The van der Waals surface area contributed by atoms with E-state index in [4.69, 9.17) is 0 Å². The molecule has 2 fully saturated rings. The van der Waals surface area contributed by atoms with Crippen LogP contribution < -0.4 is 10.2 Å². The molecule has 5 heteroatoms. The van der Waals surface area contributed by atoms with Crippen molar-refractivity contribution in [3.63, 3.8) is 0 Å². The summed E-state index contributed by atoms with van der Waals surface area (Å²) < 4.78 is 0. The summed E-state index contributed by atoms with van der Waals surface area (Å²) in [6.45, 7) is 1.67. The quantitative estimate of drug-likeness (QED) is 0.871. The van der Waals surface area contributed by atoms with E-state index >= 15 is 0 Å². The first kappa shape index (κ1) is 17.9. The number of piperidine rings is 1. The summed E-state index contributed by atoms with van der Waals surface area (Å²) in [6, 6.07) is 7.83. The highest BCUT2D eigenvalue weighted by Gasteiger charge is 2.37. The third-order valence-corrected chi connectivity index (χ3v) is 5.72. The molecule has 136 valence electrons. The third-order valence-electron chi connectivity index (χ3n) is 5.72. The minimum absolute atomic E-state index is 0.0287. The fourth-order valence-electron chi connectivity index (χ4n) is 4.45. The summed E-state index contributed by atoms with van der Waals surface area (Å²) in [5.41, 5.74) is 1.40. The molecule has 1 saturated heterocycles. The zero-order valence-corrected chi connectivity index (χ0v) is 15.4. The van der Waals surface area contributed by atoms with E-state index < -0.39 is 0 Å². The van der Waals surface area contributed by atoms with Crippen molar-refractivity contribution in [3.8, 4) is 0 Å². The van der Waals surface area contributed by atoms with Gasteiger partial charge in [-0.05, 0) is 56.4 Å². The molecular formula is C20H30N3O2+. The van der Waals surface area contributed by atoms with Crippen LogP contribution in [0.1, 0.15) is 48.9 Å². The molecule has 1 aromatic rings. The Kier molecular flexibility index (Phi) is 5.74. The second-order valence-corrected chi connectivity index (χ2v) is 7.70. The van der Waals surface area contributed by atoms with E-state index in [2.05, 4.69) is 5.32 Å². The van der Waals surface area contributed by atoms with Crippen LogP contribution in [0.25, 0.3) is 0 Å². The number of fused-ring (bicyclic) bond motifs is 1.